The maximum absolute atomic E-state index is 13.3. The molecule has 0 radical (unpaired) electrons. The Morgan fingerprint density at radius 2 is 2.31 bits per heavy atom. The van der Waals surface area contributed by atoms with E-state index in [9.17, 15) is 4.39 Å². The minimum atomic E-state index is -0.390. The van der Waals surface area contributed by atoms with Crippen LogP contribution in [-0.2, 0) is 6.61 Å². The predicted molar refractivity (Wildman–Crippen MR) is 65.6 cm³/mol. The maximum Gasteiger partial charge on any atom is 0.183 e. The first kappa shape index (κ1) is 11.8. The van der Waals surface area contributed by atoms with Gasteiger partial charge in [0.1, 0.15) is 6.61 Å². The van der Waals surface area contributed by atoms with E-state index in [-0.39, 0.29) is 18.2 Å². The number of aromatic nitrogens is 1. The van der Waals surface area contributed by atoms with Gasteiger partial charge < -0.3 is 4.74 Å². The van der Waals surface area contributed by atoms with Crippen LogP contribution < -0.4 is 4.74 Å². The van der Waals surface area contributed by atoms with Crippen LogP contribution in [0.25, 0.3) is 0 Å². The lowest BCUT2D eigenvalue weighted by atomic mass is 10.3. The van der Waals surface area contributed by atoms with Crippen molar-refractivity contribution in [2.24, 2.45) is 0 Å². The summed E-state index contributed by atoms with van der Waals surface area (Å²) in [5, 5.41) is 0. The largest absolute Gasteiger partial charge is 0.485 e. The van der Waals surface area contributed by atoms with Crippen molar-refractivity contribution in [1.82, 2.24) is 4.98 Å². The molecule has 0 unspecified atom stereocenters. The summed E-state index contributed by atoms with van der Waals surface area (Å²) in [6.07, 6.45) is 1.61. The molecule has 0 atom stereocenters. The molecule has 1 heterocycles. The summed E-state index contributed by atoms with van der Waals surface area (Å²) in [6.45, 7) is 0.262. The van der Waals surface area contributed by atoms with E-state index in [1.807, 2.05) is 0 Å². The number of hydrogen-bond donors (Lipinski definition) is 0. The summed E-state index contributed by atoms with van der Waals surface area (Å²) in [4.78, 5) is 4.72. The molecule has 0 bridgehead atoms. The number of hydrogen-bond acceptors (Lipinski definition) is 3. The second kappa shape index (κ2) is 5.12. The number of ether oxygens (including phenoxy) is 1. The van der Waals surface area contributed by atoms with Crippen LogP contribution in [0.1, 0.15) is 4.88 Å². The van der Waals surface area contributed by atoms with Gasteiger partial charge in [-0.15, -0.1) is 11.3 Å². The van der Waals surface area contributed by atoms with Crippen LogP contribution in [0.4, 0.5) is 4.39 Å². The molecule has 1 aromatic carbocycles. The van der Waals surface area contributed by atoms with Gasteiger partial charge in [-0.3, -0.25) is 0 Å². The van der Waals surface area contributed by atoms with Crippen molar-refractivity contribution >= 4 is 38.9 Å². The lowest BCUT2D eigenvalue weighted by Gasteiger charge is -2.05. The topological polar surface area (TPSA) is 22.1 Å². The first-order chi connectivity index (χ1) is 7.65. The zero-order chi connectivity index (χ0) is 11.5. The Morgan fingerprint density at radius 1 is 1.50 bits per heavy atom. The van der Waals surface area contributed by atoms with Gasteiger partial charge in [-0.2, -0.15) is 0 Å². The van der Waals surface area contributed by atoms with Crippen molar-refractivity contribution in [3.05, 3.63) is 44.0 Å². The van der Waals surface area contributed by atoms with Crippen LogP contribution in [-0.4, -0.2) is 4.98 Å². The average molecular weight is 323 g/mol. The number of halogens is 3. The first-order valence-corrected chi connectivity index (χ1v) is 6.32. The van der Waals surface area contributed by atoms with E-state index in [2.05, 4.69) is 20.9 Å². The highest BCUT2D eigenvalue weighted by molar-refractivity contribution is 9.10. The molecule has 2 nitrogen and oxygen atoms in total. The average Bonchev–Trinajstić information content (AvgIpc) is 2.66. The fraction of sp³-hybridized carbons (Fsp3) is 0.100. The van der Waals surface area contributed by atoms with E-state index >= 15 is 0 Å². The molecular formula is C10H6BrClFNOS. The Hall–Kier alpha value is -0.650. The van der Waals surface area contributed by atoms with E-state index in [4.69, 9.17) is 16.3 Å². The molecule has 1 aromatic heterocycles. The molecule has 16 heavy (non-hydrogen) atoms. The summed E-state index contributed by atoms with van der Waals surface area (Å²) in [6, 6.07) is 4.54. The van der Waals surface area contributed by atoms with Crippen molar-refractivity contribution in [2.75, 3.05) is 0 Å². The van der Waals surface area contributed by atoms with Gasteiger partial charge in [0, 0.05) is 10.7 Å². The Labute approximate surface area is 109 Å². The Bertz CT molecular complexity index is 505. The van der Waals surface area contributed by atoms with Gasteiger partial charge in [-0.05, 0) is 18.2 Å². The fourth-order valence-corrected chi connectivity index (χ4v) is 2.32. The van der Waals surface area contributed by atoms with Crippen LogP contribution in [0.5, 0.6) is 5.75 Å². The molecule has 84 valence electrons. The van der Waals surface area contributed by atoms with Gasteiger partial charge in [0.15, 0.2) is 16.0 Å². The number of benzene rings is 1. The molecule has 0 amide bonds. The molecule has 2 aromatic rings. The zero-order valence-electron chi connectivity index (χ0n) is 7.91. The van der Waals surface area contributed by atoms with Crippen LogP contribution in [0.2, 0.25) is 4.47 Å². The highest BCUT2D eigenvalue weighted by Crippen LogP contribution is 2.24. The molecule has 2 rings (SSSR count). The lowest BCUT2D eigenvalue weighted by Crippen LogP contribution is -1.95. The van der Waals surface area contributed by atoms with Gasteiger partial charge in [0.05, 0.1) is 4.88 Å². The van der Waals surface area contributed by atoms with Crippen molar-refractivity contribution in [1.29, 1.82) is 0 Å². The van der Waals surface area contributed by atoms with Gasteiger partial charge in [0.25, 0.3) is 0 Å². The lowest BCUT2D eigenvalue weighted by molar-refractivity contribution is 0.293. The SMILES string of the molecule is Fc1ccc(Br)cc1OCc1cnc(Cl)s1. The minimum absolute atomic E-state index is 0.207. The van der Waals surface area contributed by atoms with Crippen LogP contribution in [0.3, 0.4) is 0 Å². The molecule has 0 N–H and O–H groups in total. The van der Waals surface area contributed by atoms with Crippen molar-refractivity contribution in [3.8, 4) is 5.75 Å². The Morgan fingerprint density at radius 3 is 3.00 bits per heavy atom. The number of thiazole rings is 1. The Balaban J connectivity index is 2.07. The summed E-state index contributed by atoms with van der Waals surface area (Å²) < 4.78 is 19.8. The molecule has 0 aliphatic heterocycles. The summed E-state index contributed by atoms with van der Waals surface area (Å²) >= 11 is 10.2. The third-order valence-electron chi connectivity index (χ3n) is 1.79. The smallest absolute Gasteiger partial charge is 0.183 e. The van der Waals surface area contributed by atoms with Crippen LogP contribution in [0.15, 0.2) is 28.9 Å². The van der Waals surface area contributed by atoms with E-state index in [1.165, 1.54) is 17.4 Å². The van der Waals surface area contributed by atoms with E-state index < -0.39 is 0 Å². The van der Waals surface area contributed by atoms with E-state index in [0.29, 0.717) is 4.47 Å². The second-order valence-corrected chi connectivity index (χ2v) is 5.56. The second-order valence-electron chi connectivity index (χ2n) is 2.94. The quantitative estimate of drug-likeness (QED) is 0.841. The summed E-state index contributed by atoms with van der Waals surface area (Å²) in [5.41, 5.74) is 0. The third kappa shape index (κ3) is 2.93. The highest BCUT2D eigenvalue weighted by Gasteiger charge is 2.05. The van der Waals surface area contributed by atoms with Gasteiger partial charge in [0.2, 0.25) is 0 Å². The van der Waals surface area contributed by atoms with Gasteiger partial charge >= 0.3 is 0 Å². The molecule has 0 spiro atoms. The fourth-order valence-electron chi connectivity index (χ4n) is 1.09. The maximum atomic E-state index is 13.3. The molecule has 0 aliphatic carbocycles. The number of rotatable bonds is 3. The minimum Gasteiger partial charge on any atom is -0.485 e. The molecule has 0 saturated carbocycles. The molecule has 6 heteroatoms. The first-order valence-electron chi connectivity index (χ1n) is 4.33. The molecule has 0 saturated heterocycles. The van der Waals surface area contributed by atoms with E-state index in [1.54, 1.807) is 18.3 Å². The molecule has 0 fully saturated rings. The van der Waals surface area contributed by atoms with Crippen molar-refractivity contribution < 1.29 is 9.13 Å². The predicted octanol–water partition coefficient (Wildman–Crippen LogP) is 4.28. The normalized spacial score (nSPS) is 10.4. The Kier molecular flexibility index (Phi) is 3.78. The summed E-state index contributed by atoms with van der Waals surface area (Å²) in [5.74, 6) is -0.183. The molecular weight excluding hydrogens is 317 g/mol. The highest BCUT2D eigenvalue weighted by atomic mass is 79.9. The summed E-state index contributed by atoms with van der Waals surface area (Å²) in [7, 11) is 0. The van der Waals surface area contributed by atoms with Crippen LogP contribution >= 0.6 is 38.9 Å². The number of nitrogens with zero attached hydrogens (tertiary/aromatic N) is 1. The van der Waals surface area contributed by atoms with E-state index in [0.717, 1.165) is 9.35 Å². The zero-order valence-corrected chi connectivity index (χ0v) is 11.1. The van der Waals surface area contributed by atoms with Crippen LogP contribution in [0, 0.1) is 5.82 Å². The van der Waals surface area contributed by atoms with Crippen molar-refractivity contribution in [2.45, 2.75) is 6.61 Å². The van der Waals surface area contributed by atoms with Gasteiger partial charge in [-0.1, -0.05) is 27.5 Å². The molecule has 0 aliphatic rings. The standard InChI is InChI=1S/C10H6BrClFNOS/c11-6-1-2-8(13)9(3-6)15-5-7-4-14-10(12)16-7/h1-4H,5H2. The van der Waals surface area contributed by atoms with Crippen molar-refractivity contribution in [3.63, 3.8) is 0 Å². The third-order valence-corrected chi connectivity index (χ3v) is 3.37. The van der Waals surface area contributed by atoms with Gasteiger partial charge in [-0.25, -0.2) is 9.37 Å². The monoisotopic (exact) mass is 321 g/mol.